The summed E-state index contributed by atoms with van der Waals surface area (Å²) in [5.41, 5.74) is 4.97. The van der Waals surface area contributed by atoms with Crippen LogP contribution in [0.15, 0.2) is 0 Å². The molecule has 0 aromatic rings. The van der Waals surface area contributed by atoms with E-state index in [-0.39, 0.29) is 18.8 Å². The molecule has 3 N–H and O–H groups in total. The van der Waals surface area contributed by atoms with E-state index in [1.165, 1.54) is 0 Å². The van der Waals surface area contributed by atoms with Crippen molar-refractivity contribution in [3.05, 3.63) is 0 Å². The summed E-state index contributed by atoms with van der Waals surface area (Å²) in [4.78, 5) is 20.8. The first kappa shape index (κ1) is 10.9. The number of hydrogen-bond acceptors (Lipinski definition) is 2. The van der Waals surface area contributed by atoms with Crippen LogP contribution in [0.25, 0.3) is 0 Å². The number of amides is 1. The molecule has 1 amide bonds. The van der Waals surface area contributed by atoms with Gasteiger partial charge in [0.25, 0.3) is 0 Å². The highest BCUT2D eigenvalue weighted by Gasteiger charge is 2.14. The number of aliphatic carboxylic acids is 1. The van der Waals surface area contributed by atoms with Crippen molar-refractivity contribution >= 4 is 11.9 Å². The van der Waals surface area contributed by atoms with Gasteiger partial charge in [-0.2, -0.15) is 0 Å². The van der Waals surface area contributed by atoms with Crippen molar-refractivity contribution < 1.29 is 14.7 Å². The zero-order valence-corrected chi connectivity index (χ0v) is 7.25. The fourth-order valence-electron chi connectivity index (χ4n) is 1.22. The molecule has 0 saturated carbocycles. The molecule has 0 spiro atoms. The Labute approximate surface area is 71.8 Å². The van der Waals surface area contributed by atoms with Crippen LogP contribution in [-0.4, -0.2) is 17.0 Å². The van der Waals surface area contributed by atoms with Crippen molar-refractivity contribution in [2.24, 2.45) is 11.7 Å². The quantitative estimate of drug-likeness (QED) is 0.622. The molecule has 0 heterocycles. The molecule has 70 valence electrons. The lowest BCUT2D eigenvalue weighted by Crippen LogP contribution is -2.18. The second kappa shape index (κ2) is 5.57. The highest BCUT2D eigenvalue weighted by molar-refractivity contribution is 5.75. The van der Waals surface area contributed by atoms with Crippen LogP contribution in [0.1, 0.15) is 32.6 Å². The Morgan fingerprint density at radius 1 is 1.42 bits per heavy atom. The smallest absolute Gasteiger partial charge is 0.303 e. The first-order valence-electron chi connectivity index (χ1n) is 4.06. The van der Waals surface area contributed by atoms with Gasteiger partial charge < -0.3 is 10.8 Å². The maximum Gasteiger partial charge on any atom is 0.303 e. The predicted molar refractivity (Wildman–Crippen MR) is 44.5 cm³/mol. The maximum atomic E-state index is 10.5. The number of carboxylic acids is 1. The molecular formula is C8H15NO3. The number of nitrogens with two attached hydrogens (primary N) is 1. The van der Waals surface area contributed by atoms with E-state index in [0.717, 1.165) is 12.8 Å². The zero-order chi connectivity index (χ0) is 9.56. The SMILES string of the molecule is CCC[C@H](CC(N)=O)CC(=O)O. The van der Waals surface area contributed by atoms with Crippen molar-refractivity contribution in [1.29, 1.82) is 0 Å². The van der Waals surface area contributed by atoms with Gasteiger partial charge in [0.15, 0.2) is 0 Å². The molecule has 0 aliphatic heterocycles. The Balaban J connectivity index is 3.85. The van der Waals surface area contributed by atoms with E-state index in [1.54, 1.807) is 0 Å². The van der Waals surface area contributed by atoms with Gasteiger partial charge in [-0.15, -0.1) is 0 Å². The van der Waals surface area contributed by atoms with Crippen LogP contribution in [-0.2, 0) is 9.59 Å². The average molecular weight is 173 g/mol. The van der Waals surface area contributed by atoms with Crippen molar-refractivity contribution in [3.8, 4) is 0 Å². The van der Waals surface area contributed by atoms with Gasteiger partial charge in [-0.3, -0.25) is 9.59 Å². The molecule has 0 aliphatic carbocycles. The summed E-state index contributed by atoms with van der Waals surface area (Å²) in [6.07, 6.45) is 1.84. The topological polar surface area (TPSA) is 80.4 Å². The Morgan fingerprint density at radius 2 is 2.00 bits per heavy atom. The normalized spacial score (nSPS) is 12.4. The first-order valence-corrected chi connectivity index (χ1v) is 4.06. The minimum Gasteiger partial charge on any atom is -0.481 e. The molecule has 0 unspecified atom stereocenters. The fourth-order valence-corrected chi connectivity index (χ4v) is 1.22. The molecule has 4 nitrogen and oxygen atoms in total. The molecule has 0 aliphatic rings. The molecule has 0 aromatic carbocycles. The summed E-state index contributed by atoms with van der Waals surface area (Å²) in [5.74, 6) is -1.38. The largest absolute Gasteiger partial charge is 0.481 e. The van der Waals surface area contributed by atoms with Gasteiger partial charge >= 0.3 is 5.97 Å². The lowest BCUT2D eigenvalue weighted by Gasteiger charge is -2.10. The lowest BCUT2D eigenvalue weighted by atomic mass is 9.96. The van der Waals surface area contributed by atoms with Gasteiger partial charge in [-0.05, 0) is 12.3 Å². The number of carboxylic acid groups (broad SMARTS) is 1. The van der Waals surface area contributed by atoms with E-state index in [2.05, 4.69) is 0 Å². The van der Waals surface area contributed by atoms with Gasteiger partial charge in [0.05, 0.1) is 0 Å². The van der Waals surface area contributed by atoms with Gasteiger partial charge in [0.1, 0.15) is 0 Å². The highest BCUT2D eigenvalue weighted by Crippen LogP contribution is 2.14. The van der Waals surface area contributed by atoms with Crippen LogP contribution in [0.4, 0.5) is 0 Å². The molecule has 1 atom stereocenters. The lowest BCUT2D eigenvalue weighted by molar-refractivity contribution is -0.138. The Hall–Kier alpha value is -1.06. The van der Waals surface area contributed by atoms with Crippen molar-refractivity contribution in [2.45, 2.75) is 32.6 Å². The highest BCUT2D eigenvalue weighted by atomic mass is 16.4. The van der Waals surface area contributed by atoms with E-state index in [0.29, 0.717) is 0 Å². The second-order valence-electron chi connectivity index (χ2n) is 2.92. The second-order valence-corrected chi connectivity index (χ2v) is 2.92. The van der Waals surface area contributed by atoms with E-state index >= 15 is 0 Å². The number of primary amides is 1. The number of hydrogen-bond donors (Lipinski definition) is 2. The van der Waals surface area contributed by atoms with Gasteiger partial charge in [-0.1, -0.05) is 13.3 Å². The summed E-state index contributed by atoms with van der Waals surface area (Å²) in [5, 5.41) is 8.47. The molecule has 0 saturated heterocycles. The van der Waals surface area contributed by atoms with Crippen molar-refractivity contribution in [3.63, 3.8) is 0 Å². The minimum absolute atomic E-state index is 0.0385. The molecule has 0 fully saturated rings. The summed E-state index contributed by atoms with van der Waals surface area (Å²) in [6, 6.07) is 0. The summed E-state index contributed by atoms with van der Waals surface area (Å²) in [6.45, 7) is 1.95. The molecule has 0 aromatic heterocycles. The summed E-state index contributed by atoms with van der Waals surface area (Å²) >= 11 is 0. The Bertz CT molecular complexity index is 152. The molecule has 4 heteroatoms. The summed E-state index contributed by atoms with van der Waals surface area (Å²) < 4.78 is 0. The van der Waals surface area contributed by atoms with Crippen molar-refractivity contribution in [2.75, 3.05) is 0 Å². The average Bonchev–Trinajstić information content (AvgIpc) is 1.84. The Morgan fingerprint density at radius 3 is 2.33 bits per heavy atom. The van der Waals surface area contributed by atoms with Gasteiger partial charge in [-0.25, -0.2) is 0 Å². The van der Waals surface area contributed by atoms with E-state index < -0.39 is 11.9 Å². The third-order valence-electron chi connectivity index (χ3n) is 1.65. The van der Waals surface area contributed by atoms with Crippen molar-refractivity contribution in [1.82, 2.24) is 0 Å². The van der Waals surface area contributed by atoms with Crippen LogP contribution in [0.2, 0.25) is 0 Å². The van der Waals surface area contributed by atoms with Gasteiger partial charge in [0.2, 0.25) is 5.91 Å². The fraction of sp³-hybridized carbons (Fsp3) is 0.750. The molecule has 0 rings (SSSR count). The van der Waals surface area contributed by atoms with Crippen LogP contribution >= 0.6 is 0 Å². The van der Waals surface area contributed by atoms with Crippen LogP contribution in [0.3, 0.4) is 0 Å². The first-order chi connectivity index (χ1) is 5.56. The molecule has 12 heavy (non-hydrogen) atoms. The number of carbonyl (C=O) groups excluding carboxylic acids is 1. The summed E-state index contributed by atoms with van der Waals surface area (Å²) in [7, 11) is 0. The standard InChI is InChI=1S/C8H15NO3/c1-2-3-6(4-7(9)10)5-8(11)12/h6H,2-5H2,1H3,(H2,9,10)(H,11,12)/t6-/m1/s1. The molecule has 0 radical (unpaired) electrons. The molecular weight excluding hydrogens is 158 g/mol. The zero-order valence-electron chi connectivity index (χ0n) is 7.25. The van der Waals surface area contributed by atoms with Crippen LogP contribution < -0.4 is 5.73 Å². The number of carbonyl (C=O) groups is 2. The third-order valence-corrected chi connectivity index (χ3v) is 1.65. The monoisotopic (exact) mass is 173 g/mol. The Kier molecular flexibility index (Phi) is 5.08. The van der Waals surface area contributed by atoms with Crippen LogP contribution in [0, 0.1) is 5.92 Å². The minimum atomic E-state index is -0.866. The van der Waals surface area contributed by atoms with E-state index in [4.69, 9.17) is 10.8 Å². The van der Waals surface area contributed by atoms with E-state index in [1.807, 2.05) is 6.92 Å². The van der Waals surface area contributed by atoms with Gasteiger partial charge in [0, 0.05) is 12.8 Å². The maximum absolute atomic E-state index is 10.5. The van der Waals surface area contributed by atoms with Crippen LogP contribution in [0.5, 0.6) is 0 Å². The predicted octanol–water partition coefficient (Wildman–Crippen LogP) is 0.753. The van der Waals surface area contributed by atoms with E-state index in [9.17, 15) is 9.59 Å². The third kappa shape index (κ3) is 5.70. The molecule has 0 bridgehead atoms. The number of rotatable bonds is 6.